The van der Waals surface area contributed by atoms with Gasteiger partial charge in [-0.05, 0) is 108 Å². The van der Waals surface area contributed by atoms with Gasteiger partial charge in [0, 0.05) is 18.7 Å². The quantitative estimate of drug-likeness (QED) is 0.478. The molecule has 2 aromatic carbocycles. The molecule has 1 aliphatic heterocycles. The average molecular weight is 453 g/mol. The van der Waals surface area contributed by atoms with E-state index in [9.17, 15) is 0 Å². The van der Waals surface area contributed by atoms with E-state index in [4.69, 9.17) is 5.73 Å². The highest BCUT2D eigenvalue weighted by Crippen LogP contribution is 2.30. The lowest BCUT2D eigenvalue weighted by Gasteiger charge is -2.16. The minimum atomic E-state index is 0. The lowest BCUT2D eigenvalue weighted by atomic mass is 9.93. The van der Waals surface area contributed by atoms with E-state index in [-0.39, 0.29) is 1.43 Å². The van der Waals surface area contributed by atoms with Gasteiger partial charge in [-0.2, -0.15) is 0 Å². The monoisotopic (exact) mass is 452 g/mol. The molecule has 0 saturated heterocycles. The lowest BCUT2D eigenvalue weighted by molar-refractivity contribution is 0.627. The van der Waals surface area contributed by atoms with Crippen LogP contribution in [0.2, 0.25) is 0 Å². The molecule has 2 aromatic rings. The Labute approximate surface area is 206 Å². The van der Waals surface area contributed by atoms with Gasteiger partial charge in [-0.3, -0.25) is 0 Å². The van der Waals surface area contributed by atoms with Crippen LogP contribution in [0.15, 0.2) is 53.7 Å². The molecule has 2 nitrogen and oxygen atoms in total. The molecule has 186 valence electrons. The number of nitrogens with two attached hydrogens (primary N) is 1. The number of benzene rings is 2. The van der Waals surface area contributed by atoms with Gasteiger partial charge in [0.1, 0.15) is 0 Å². The Hall–Kier alpha value is -2.32. The molecule has 0 saturated carbocycles. The van der Waals surface area contributed by atoms with E-state index < -0.39 is 0 Å². The smallest absolute Gasteiger partial charge is 0.0264 e. The zero-order valence-electron chi connectivity index (χ0n) is 23.3. The highest BCUT2D eigenvalue weighted by Gasteiger charge is 2.15. The minimum Gasteiger partial charge on any atom is -0.385 e. The Morgan fingerprint density at radius 2 is 1.42 bits per heavy atom. The van der Waals surface area contributed by atoms with Crippen LogP contribution in [0.4, 0.5) is 0 Å². The van der Waals surface area contributed by atoms with Crippen molar-refractivity contribution in [1.82, 2.24) is 5.32 Å². The van der Waals surface area contributed by atoms with Crippen LogP contribution >= 0.6 is 0 Å². The zero-order chi connectivity index (χ0) is 25.6. The lowest BCUT2D eigenvalue weighted by Crippen LogP contribution is -2.23. The molecule has 0 spiro atoms. The van der Waals surface area contributed by atoms with E-state index in [1.807, 2.05) is 13.8 Å². The second-order valence-electron chi connectivity index (χ2n) is 8.80. The maximum absolute atomic E-state index is 5.03. The van der Waals surface area contributed by atoms with E-state index in [1.165, 1.54) is 50.2 Å². The Morgan fingerprint density at radius 3 is 1.91 bits per heavy atom. The van der Waals surface area contributed by atoms with Crippen LogP contribution in [0.5, 0.6) is 0 Å². The van der Waals surface area contributed by atoms with Gasteiger partial charge < -0.3 is 11.1 Å². The molecule has 0 radical (unpaired) electrons. The van der Waals surface area contributed by atoms with Crippen molar-refractivity contribution in [2.75, 3.05) is 6.54 Å². The van der Waals surface area contributed by atoms with Crippen molar-refractivity contribution in [3.05, 3.63) is 87.1 Å². The first-order valence-electron chi connectivity index (χ1n) is 12.6. The van der Waals surface area contributed by atoms with Crippen LogP contribution in [-0.4, -0.2) is 12.6 Å². The number of hydrogen-bond donors (Lipinski definition) is 2. The van der Waals surface area contributed by atoms with Crippen molar-refractivity contribution in [1.29, 1.82) is 0 Å². The predicted octanol–water partition coefficient (Wildman–Crippen LogP) is 8.60. The number of hydrogen-bond acceptors (Lipinski definition) is 2. The van der Waals surface area contributed by atoms with Gasteiger partial charge in [-0.1, -0.05) is 68.8 Å². The molecule has 0 fully saturated rings. The summed E-state index contributed by atoms with van der Waals surface area (Å²) in [6.45, 7) is 24.3. The third kappa shape index (κ3) is 10.4. The Bertz CT molecular complexity index is 884. The van der Waals surface area contributed by atoms with Crippen molar-refractivity contribution in [2.24, 2.45) is 5.73 Å². The predicted molar refractivity (Wildman–Crippen MR) is 153 cm³/mol. The molecule has 2 heteroatoms. The van der Waals surface area contributed by atoms with Crippen molar-refractivity contribution in [2.45, 2.75) is 95.0 Å². The van der Waals surface area contributed by atoms with Crippen LogP contribution in [-0.2, 0) is 0 Å². The molecule has 1 unspecified atom stereocenters. The van der Waals surface area contributed by atoms with Crippen LogP contribution < -0.4 is 11.1 Å². The van der Waals surface area contributed by atoms with E-state index in [1.54, 1.807) is 0 Å². The van der Waals surface area contributed by atoms with E-state index in [0.29, 0.717) is 6.04 Å². The first-order valence-corrected chi connectivity index (χ1v) is 12.6. The molecule has 1 atom stereocenters. The SMILES string of the molecule is CC.CC1=CCC(C)NC(C)=C1c1ccccc1C.CCCN.Cc1cc(C)c(C)c(C)c1.[HH]. The highest BCUT2D eigenvalue weighted by atomic mass is 14.9. The molecule has 3 N–H and O–H groups in total. The van der Waals surface area contributed by atoms with Crippen LogP contribution in [0.3, 0.4) is 0 Å². The van der Waals surface area contributed by atoms with Gasteiger partial charge in [-0.15, -0.1) is 0 Å². The van der Waals surface area contributed by atoms with Crippen molar-refractivity contribution >= 4 is 5.57 Å². The summed E-state index contributed by atoms with van der Waals surface area (Å²) in [5.74, 6) is 0. The molecule has 0 aromatic heterocycles. The van der Waals surface area contributed by atoms with Crippen molar-refractivity contribution in [3.8, 4) is 0 Å². The molecular weight excluding hydrogens is 400 g/mol. The Balaban J connectivity index is 0. The molecule has 1 aliphatic rings. The van der Waals surface area contributed by atoms with Gasteiger partial charge in [0.2, 0.25) is 0 Å². The van der Waals surface area contributed by atoms with E-state index in [0.717, 1.165) is 19.4 Å². The summed E-state index contributed by atoms with van der Waals surface area (Å²) in [7, 11) is 0. The van der Waals surface area contributed by atoms with Crippen molar-refractivity contribution < 1.29 is 1.43 Å². The molecule has 33 heavy (non-hydrogen) atoms. The minimum absolute atomic E-state index is 0. The third-order valence-corrected chi connectivity index (χ3v) is 5.78. The normalized spacial score (nSPS) is 14.8. The summed E-state index contributed by atoms with van der Waals surface area (Å²) < 4.78 is 0. The Morgan fingerprint density at radius 1 is 0.909 bits per heavy atom. The van der Waals surface area contributed by atoms with Gasteiger partial charge in [0.25, 0.3) is 0 Å². The zero-order valence-corrected chi connectivity index (χ0v) is 23.3. The van der Waals surface area contributed by atoms with Gasteiger partial charge >= 0.3 is 0 Å². The van der Waals surface area contributed by atoms with Gasteiger partial charge in [0.15, 0.2) is 0 Å². The fraction of sp³-hybridized carbons (Fsp3) is 0.484. The molecule has 0 bridgehead atoms. The fourth-order valence-corrected chi connectivity index (χ4v) is 3.77. The topological polar surface area (TPSA) is 38.0 Å². The summed E-state index contributed by atoms with van der Waals surface area (Å²) in [5.41, 5.74) is 17.3. The standard InChI is InChI=1S/C16H21N.C10H14.C3H9N.C2H6.H2/c1-11-7-5-6-8-15(11)16-12(2)9-10-13(3)17-14(16)4;1-7-5-8(2)10(4)9(3)6-7;1-2-3-4;1-2;/h5-9,13,17H,10H2,1-4H3;5-6H,1-4H3;2-4H2,1H3;1-2H3;1H. The van der Waals surface area contributed by atoms with Gasteiger partial charge in [0.05, 0.1) is 0 Å². The largest absolute Gasteiger partial charge is 0.385 e. The summed E-state index contributed by atoms with van der Waals surface area (Å²) in [6, 6.07) is 13.6. The first kappa shape index (κ1) is 30.7. The van der Waals surface area contributed by atoms with Gasteiger partial charge in [-0.25, -0.2) is 0 Å². The third-order valence-electron chi connectivity index (χ3n) is 5.78. The Kier molecular flexibility index (Phi) is 15.2. The molecule has 0 aliphatic carbocycles. The van der Waals surface area contributed by atoms with Crippen LogP contribution in [0.1, 0.15) is 89.2 Å². The number of allylic oxidation sites excluding steroid dienone is 3. The summed E-state index contributed by atoms with van der Waals surface area (Å²) >= 11 is 0. The summed E-state index contributed by atoms with van der Waals surface area (Å²) in [5, 5.41) is 3.58. The fourth-order valence-electron chi connectivity index (χ4n) is 3.77. The van der Waals surface area contributed by atoms with Crippen molar-refractivity contribution in [3.63, 3.8) is 0 Å². The summed E-state index contributed by atoms with van der Waals surface area (Å²) in [4.78, 5) is 0. The first-order chi connectivity index (χ1) is 15.6. The summed E-state index contributed by atoms with van der Waals surface area (Å²) in [6.07, 6.45) is 4.54. The molecule has 0 amide bonds. The maximum Gasteiger partial charge on any atom is 0.0264 e. The average Bonchev–Trinajstić information content (AvgIpc) is 2.91. The maximum atomic E-state index is 5.03. The second-order valence-corrected chi connectivity index (χ2v) is 8.80. The number of aryl methyl sites for hydroxylation is 4. The molecular formula is C31H52N2. The van der Waals surface area contributed by atoms with Crippen LogP contribution in [0.25, 0.3) is 5.57 Å². The number of nitrogens with one attached hydrogen (secondary N) is 1. The molecule has 3 rings (SSSR count). The van der Waals surface area contributed by atoms with E-state index >= 15 is 0 Å². The number of rotatable bonds is 2. The highest BCUT2D eigenvalue weighted by molar-refractivity contribution is 5.82. The van der Waals surface area contributed by atoms with E-state index in [2.05, 4.69) is 110 Å². The van der Waals surface area contributed by atoms with Crippen LogP contribution in [0, 0.1) is 34.6 Å². The second kappa shape index (κ2) is 16.3. The molecule has 1 heterocycles.